The van der Waals surface area contributed by atoms with Crippen LogP contribution in [0.15, 0.2) is 54.6 Å². The predicted octanol–water partition coefficient (Wildman–Crippen LogP) is 2.83. The Morgan fingerprint density at radius 1 is 1.18 bits per heavy atom. The summed E-state index contributed by atoms with van der Waals surface area (Å²) in [7, 11) is 0. The van der Waals surface area contributed by atoms with Crippen molar-refractivity contribution in [1.29, 1.82) is 0 Å². The quantitative estimate of drug-likeness (QED) is 0.892. The van der Waals surface area contributed by atoms with Crippen molar-refractivity contribution in [3.63, 3.8) is 0 Å². The molecule has 22 heavy (non-hydrogen) atoms. The number of fused-ring (bicyclic) bond motifs is 1. The molecule has 0 saturated carbocycles. The Balaban J connectivity index is 1.73. The van der Waals surface area contributed by atoms with Crippen LogP contribution in [0.2, 0.25) is 0 Å². The van der Waals surface area contributed by atoms with E-state index in [2.05, 4.69) is 29.6 Å². The molecule has 3 nitrogen and oxygen atoms in total. The fourth-order valence-corrected chi connectivity index (χ4v) is 4.14. The summed E-state index contributed by atoms with van der Waals surface area (Å²) in [5, 5.41) is 3.72. The van der Waals surface area contributed by atoms with E-state index in [1.165, 1.54) is 11.1 Å². The van der Waals surface area contributed by atoms with Gasteiger partial charge >= 0.3 is 0 Å². The van der Waals surface area contributed by atoms with E-state index < -0.39 is 6.04 Å². The molecule has 0 unspecified atom stereocenters. The van der Waals surface area contributed by atoms with Crippen LogP contribution in [0.4, 0.5) is 0 Å². The van der Waals surface area contributed by atoms with E-state index in [-0.39, 0.29) is 5.91 Å². The van der Waals surface area contributed by atoms with Crippen molar-refractivity contribution in [2.75, 3.05) is 12.3 Å². The molecule has 114 valence electrons. The predicted molar refractivity (Wildman–Crippen MR) is 91.7 cm³/mol. The van der Waals surface area contributed by atoms with Gasteiger partial charge in [-0.3, -0.25) is 4.79 Å². The van der Waals surface area contributed by atoms with Gasteiger partial charge in [0.05, 0.1) is 0 Å². The van der Waals surface area contributed by atoms with E-state index in [0.29, 0.717) is 5.25 Å². The molecular formula is C18H20N2OS. The Morgan fingerprint density at radius 3 is 2.68 bits per heavy atom. The van der Waals surface area contributed by atoms with Gasteiger partial charge in [0.25, 0.3) is 0 Å². The third kappa shape index (κ3) is 3.34. The molecule has 0 aromatic heterocycles. The number of primary amides is 1. The molecule has 2 aromatic carbocycles. The largest absolute Gasteiger partial charge is 0.368 e. The number of rotatable bonds is 5. The van der Waals surface area contributed by atoms with Gasteiger partial charge in [0.2, 0.25) is 5.91 Å². The van der Waals surface area contributed by atoms with E-state index in [1.807, 2.05) is 42.1 Å². The van der Waals surface area contributed by atoms with Crippen molar-refractivity contribution in [2.45, 2.75) is 17.7 Å². The highest BCUT2D eigenvalue weighted by Gasteiger charge is 2.23. The number of nitrogens with one attached hydrogen (secondary N) is 1. The molecule has 0 fully saturated rings. The minimum absolute atomic E-state index is 0.333. The van der Waals surface area contributed by atoms with Crippen LogP contribution in [0.3, 0.4) is 0 Å². The summed E-state index contributed by atoms with van der Waals surface area (Å²) in [5.41, 5.74) is 9.29. The second kappa shape index (κ2) is 6.99. The first kappa shape index (κ1) is 15.1. The number of benzene rings is 2. The zero-order valence-corrected chi connectivity index (χ0v) is 13.2. The highest BCUT2D eigenvalue weighted by molar-refractivity contribution is 7.99. The third-order valence-electron chi connectivity index (χ3n) is 4.02. The first-order chi connectivity index (χ1) is 10.8. The Morgan fingerprint density at radius 2 is 1.91 bits per heavy atom. The van der Waals surface area contributed by atoms with Gasteiger partial charge in [0.15, 0.2) is 0 Å². The van der Waals surface area contributed by atoms with Gasteiger partial charge in [-0.2, -0.15) is 11.8 Å². The number of nitrogens with two attached hydrogens (primary N) is 1. The summed E-state index contributed by atoms with van der Waals surface area (Å²) < 4.78 is 0. The Bertz CT molecular complexity index is 645. The SMILES string of the molecule is NC(=O)[C@H](NC[C@@H]1SCCc2ccccc21)c1ccccc1. The summed E-state index contributed by atoms with van der Waals surface area (Å²) in [6.45, 7) is 0.740. The maximum Gasteiger partial charge on any atom is 0.239 e. The van der Waals surface area contributed by atoms with Crippen molar-refractivity contribution in [3.8, 4) is 0 Å². The fourth-order valence-electron chi connectivity index (χ4n) is 2.90. The number of carbonyl (C=O) groups is 1. The molecule has 0 saturated heterocycles. The second-order valence-corrected chi connectivity index (χ2v) is 6.77. The molecule has 1 aliphatic heterocycles. The minimum atomic E-state index is -0.434. The fraction of sp³-hybridized carbons (Fsp3) is 0.278. The monoisotopic (exact) mass is 312 g/mol. The molecule has 0 radical (unpaired) electrons. The number of thioether (sulfide) groups is 1. The van der Waals surface area contributed by atoms with Gasteiger partial charge in [-0.1, -0.05) is 54.6 Å². The molecule has 1 heterocycles. The summed E-state index contributed by atoms with van der Waals surface area (Å²) in [5.74, 6) is 0.788. The maximum atomic E-state index is 11.8. The standard InChI is InChI=1S/C18H20N2OS/c19-18(21)17(14-7-2-1-3-8-14)20-12-16-15-9-5-4-6-13(15)10-11-22-16/h1-9,16-17,20H,10-12H2,(H2,19,21)/t16-,17+/m0/s1. The van der Waals surface area contributed by atoms with Gasteiger partial charge in [-0.15, -0.1) is 0 Å². The van der Waals surface area contributed by atoms with Gasteiger partial charge in [0.1, 0.15) is 6.04 Å². The van der Waals surface area contributed by atoms with Crippen LogP contribution >= 0.6 is 11.8 Å². The van der Waals surface area contributed by atoms with Crippen molar-refractivity contribution in [1.82, 2.24) is 5.32 Å². The van der Waals surface area contributed by atoms with Crippen LogP contribution in [-0.4, -0.2) is 18.2 Å². The van der Waals surface area contributed by atoms with E-state index in [0.717, 1.165) is 24.3 Å². The maximum absolute atomic E-state index is 11.8. The highest BCUT2D eigenvalue weighted by atomic mass is 32.2. The average Bonchev–Trinajstić information content (AvgIpc) is 2.56. The zero-order chi connectivity index (χ0) is 15.4. The number of amides is 1. The molecule has 2 aromatic rings. The van der Waals surface area contributed by atoms with Crippen molar-refractivity contribution in [3.05, 3.63) is 71.3 Å². The lowest BCUT2D eigenvalue weighted by Gasteiger charge is -2.27. The van der Waals surface area contributed by atoms with Crippen molar-refractivity contribution in [2.24, 2.45) is 5.73 Å². The first-order valence-electron chi connectivity index (χ1n) is 7.53. The van der Waals surface area contributed by atoms with E-state index in [9.17, 15) is 4.79 Å². The van der Waals surface area contributed by atoms with Gasteiger partial charge in [0, 0.05) is 11.8 Å². The van der Waals surface area contributed by atoms with Crippen molar-refractivity contribution >= 4 is 17.7 Å². The molecule has 2 atom stereocenters. The number of aryl methyl sites for hydroxylation is 1. The van der Waals surface area contributed by atoms with Gasteiger partial charge in [-0.25, -0.2) is 0 Å². The lowest BCUT2D eigenvalue weighted by Crippen LogP contribution is -2.36. The Labute approximate surface area is 135 Å². The normalized spacial score (nSPS) is 18.5. The van der Waals surface area contributed by atoms with E-state index in [4.69, 9.17) is 5.73 Å². The average molecular weight is 312 g/mol. The Kier molecular flexibility index (Phi) is 4.80. The zero-order valence-electron chi connectivity index (χ0n) is 12.4. The van der Waals surface area contributed by atoms with Crippen LogP contribution in [0.25, 0.3) is 0 Å². The summed E-state index contributed by atoms with van der Waals surface area (Å²) in [4.78, 5) is 11.8. The third-order valence-corrected chi connectivity index (χ3v) is 5.28. The molecule has 1 aliphatic rings. The minimum Gasteiger partial charge on any atom is -0.368 e. The van der Waals surface area contributed by atoms with Crippen LogP contribution in [-0.2, 0) is 11.2 Å². The lowest BCUT2D eigenvalue weighted by atomic mass is 10.0. The summed E-state index contributed by atoms with van der Waals surface area (Å²) in [6.07, 6.45) is 1.12. The molecule has 1 amide bonds. The summed E-state index contributed by atoms with van der Waals surface area (Å²) >= 11 is 1.94. The Hall–Kier alpha value is -1.78. The lowest BCUT2D eigenvalue weighted by molar-refractivity contribution is -0.120. The molecule has 0 bridgehead atoms. The second-order valence-electron chi connectivity index (χ2n) is 5.46. The van der Waals surface area contributed by atoms with E-state index in [1.54, 1.807) is 0 Å². The molecular weight excluding hydrogens is 292 g/mol. The van der Waals surface area contributed by atoms with E-state index >= 15 is 0 Å². The summed E-state index contributed by atoms with van der Waals surface area (Å²) in [6, 6.07) is 17.8. The first-order valence-corrected chi connectivity index (χ1v) is 8.57. The molecule has 0 aliphatic carbocycles. The van der Waals surface area contributed by atoms with Crippen LogP contribution < -0.4 is 11.1 Å². The van der Waals surface area contributed by atoms with Crippen LogP contribution in [0, 0.1) is 0 Å². The number of carbonyl (C=O) groups excluding carboxylic acids is 1. The molecule has 3 N–H and O–H groups in total. The van der Waals surface area contributed by atoms with Crippen molar-refractivity contribution < 1.29 is 4.79 Å². The van der Waals surface area contributed by atoms with Crippen LogP contribution in [0.1, 0.15) is 28.0 Å². The highest BCUT2D eigenvalue weighted by Crippen LogP contribution is 2.36. The molecule has 4 heteroatoms. The topological polar surface area (TPSA) is 55.1 Å². The smallest absolute Gasteiger partial charge is 0.239 e. The number of hydrogen-bond donors (Lipinski definition) is 2. The van der Waals surface area contributed by atoms with Crippen LogP contribution in [0.5, 0.6) is 0 Å². The number of hydrogen-bond acceptors (Lipinski definition) is 3. The molecule has 3 rings (SSSR count). The van der Waals surface area contributed by atoms with Gasteiger partial charge < -0.3 is 11.1 Å². The van der Waals surface area contributed by atoms with Gasteiger partial charge in [-0.05, 0) is 28.9 Å². The molecule has 0 spiro atoms.